The first-order valence-electron chi connectivity index (χ1n) is 9.18. The molecule has 2 rings (SSSR count). The first-order valence-corrected chi connectivity index (χ1v) is 9.99. The number of alkyl halides is 2. The highest BCUT2D eigenvalue weighted by Crippen LogP contribution is 2.33. The minimum absolute atomic E-state index is 0.00682. The number of aryl methyl sites for hydroxylation is 1. The molecule has 31 heavy (non-hydrogen) atoms. The van der Waals surface area contributed by atoms with Crippen LogP contribution in [0.1, 0.15) is 33.3 Å². The second-order valence-corrected chi connectivity index (χ2v) is 7.37. The maximum absolute atomic E-state index is 12.1. The average Bonchev–Trinajstić information content (AvgIpc) is 2.98. The van der Waals surface area contributed by atoms with Crippen LogP contribution in [0.2, 0.25) is 0 Å². The van der Waals surface area contributed by atoms with Crippen molar-refractivity contribution in [1.29, 1.82) is 0 Å². The van der Waals surface area contributed by atoms with E-state index in [0.717, 1.165) is 11.0 Å². The van der Waals surface area contributed by atoms with Crippen LogP contribution in [-0.4, -0.2) is 37.7 Å². The van der Waals surface area contributed by atoms with E-state index in [4.69, 9.17) is 9.47 Å². The summed E-state index contributed by atoms with van der Waals surface area (Å²) in [6.07, 6.45) is 2.50. The van der Waals surface area contributed by atoms with Crippen molar-refractivity contribution in [2.75, 3.05) is 18.5 Å². The molecule has 2 aromatic rings. The molecule has 0 aliphatic carbocycles. The molecule has 1 N–H and O–H groups in total. The predicted octanol–water partition coefficient (Wildman–Crippen LogP) is 4.34. The van der Waals surface area contributed by atoms with Gasteiger partial charge in [-0.15, -0.1) is 11.3 Å². The van der Waals surface area contributed by atoms with Crippen LogP contribution in [0.5, 0.6) is 5.75 Å². The normalized spacial score (nSPS) is 10.9. The number of thiophene rings is 1. The van der Waals surface area contributed by atoms with Crippen molar-refractivity contribution in [1.82, 2.24) is 0 Å². The zero-order valence-corrected chi connectivity index (χ0v) is 17.9. The smallest absolute Gasteiger partial charge is 0.387 e. The van der Waals surface area contributed by atoms with Crippen molar-refractivity contribution in [3.63, 3.8) is 0 Å². The molecule has 0 unspecified atom stereocenters. The highest BCUT2D eigenvalue weighted by molar-refractivity contribution is 7.16. The summed E-state index contributed by atoms with van der Waals surface area (Å²) in [7, 11) is 0. The number of hydrogen-bond acceptors (Lipinski definition) is 7. The molecule has 0 bridgehead atoms. The number of esters is 2. The fourth-order valence-corrected chi connectivity index (χ4v) is 3.50. The van der Waals surface area contributed by atoms with Crippen molar-refractivity contribution < 1.29 is 37.4 Å². The number of ether oxygens (including phenoxy) is 3. The van der Waals surface area contributed by atoms with Gasteiger partial charge < -0.3 is 19.5 Å². The summed E-state index contributed by atoms with van der Waals surface area (Å²) in [4.78, 5) is 36.9. The predicted molar refractivity (Wildman–Crippen MR) is 111 cm³/mol. The Morgan fingerprint density at radius 1 is 1.13 bits per heavy atom. The standard InChI is InChI=1S/C21H21F2NO6S/c1-4-28-20(27)18-12(2)13(3)31-19(18)24-16(25)11-29-17(26)10-7-14-5-8-15(9-6-14)30-21(22)23/h5-10,21H,4,11H2,1-3H3,(H,24,25). The van der Waals surface area contributed by atoms with E-state index in [-0.39, 0.29) is 17.9 Å². The van der Waals surface area contributed by atoms with Gasteiger partial charge in [0.1, 0.15) is 10.8 Å². The number of rotatable bonds is 9. The van der Waals surface area contributed by atoms with Crippen molar-refractivity contribution in [2.45, 2.75) is 27.4 Å². The van der Waals surface area contributed by atoms with E-state index in [1.54, 1.807) is 13.8 Å². The van der Waals surface area contributed by atoms with E-state index in [1.807, 2.05) is 6.92 Å². The van der Waals surface area contributed by atoms with E-state index < -0.39 is 31.1 Å². The van der Waals surface area contributed by atoms with Crippen LogP contribution in [-0.2, 0) is 19.1 Å². The average molecular weight is 453 g/mol. The van der Waals surface area contributed by atoms with Gasteiger partial charge in [0.25, 0.3) is 5.91 Å². The third-order valence-electron chi connectivity index (χ3n) is 3.98. The SMILES string of the molecule is CCOC(=O)c1c(NC(=O)COC(=O)C=Cc2ccc(OC(F)F)cc2)sc(C)c1C. The molecule has 0 spiro atoms. The molecular formula is C21H21F2NO6S. The summed E-state index contributed by atoms with van der Waals surface area (Å²) in [6, 6.07) is 5.62. The number of hydrogen-bond donors (Lipinski definition) is 1. The number of benzene rings is 1. The third kappa shape index (κ3) is 7.18. The third-order valence-corrected chi connectivity index (χ3v) is 5.10. The lowest BCUT2D eigenvalue weighted by atomic mass is 10.1. The lowest BCUT2D eigenvalue weighted by molar-refractivity contribution is -0.142. The van der Waals surface area contributed by atoms with Gasteiger partial charge in [-0.3, -0.25) is 4.79 Å². The number of anilines is 1. The number of carbonyl (C=O) groups is 3. The lowest BCUT2D eigenvalue weighted by Crippen LogP contribution is -2.21. The summed E-state index contributed by atoms with van der Waals surface area (Å²) in [5, 5.41) is 2.89. The maximum Gasteiger partial charge on any atom is 0.387 e. The largest absolute Gasteiger partial charge is 0.462 e. The summed E-state index contributed by atoms with van der Waals surface area (Å²) in [5.74, 6) is -1.92. The highest BCUT2D eigenvalue weighted by Gasteiger charge is 2.22. The molecule has 1 amide bonds. The van der Waals surface area contributed by atoms with Crippen molar-refractivity contribution in [2.24, 2.45) is 0 Å². The highest BCUT2D eigenvalue weighted by atomic mass is 32.1. The van der Waals surface area contributed by atoms with Crippen LogP contribution >= 0.6 is 11.3 Å². The number of amides is 1. The Bertz CT molecular complexity index is 969. The van der Waals surface area contributed by atoms with Gasteiger partial charge in [-0.1, -0.05) is 12.1 Å². The minimum Gasteiger partial charge on any atom is -0.462 e. The van der Waals surface area contributed by atoms with Crippen LogP contribution in [0.4, 0.5) is 13.8 Å². The van der Waals surface area contributed by atoms with Crippen LogP contribution in [0.15, 0.2) is 30.3 Å². The summed E-state index contributed by atoms with van der Waals surface area (Å²) in [6.45, 7) is 1.98. The van der Waals surface area contributed by atoms with E-state index in [2.05, 4.69) is 10.1 Å². The van der Waals surface area contributed by atoms with Gasteiger partial charge in [0.15, 0.2) is 6.61 Å². The molecule has 0 saturated carbocycles. The quantitative estimate of drug-likeness (QED) is 0.449. The van der Waals surface area contributed by atoms with Crippen LogP contribution in [0.3, 0.4) is 0 Å². The van der Waals surface area contributed by atoms with Gasteiger partial charge in [0.2, 0.25) is 0 Å². The Morgan fingerprint density at radius 3 is 2.42 bits per heavy atom. The van der Waals surface area contributed by atoms with Crippen LogP contribution in [0, 0.1) is 13.8 Å². The second kappa shape index (κ2) is 11.2. The fourth-order valence-electron chi connectivity index (χ4n) is 2.44. The Balaban J connectivity index is 1.90. The molecule has 166 valence electrons. The minimum atomic E-state index is -2.92. The Kier molecular flexibility index (Phi) is 8.68. The molecular weight excluding hydrogens is 432 g/mol. The van der Waals surface area contributed by atoms with Crippen molar-refractivity contribution in [3.05, 3.63) is 51.9 Å². The van der Waals surface area contributed by atoms with Crippen molar-refractivity contribution >= 4 is 40.3 Å². The van der Waals surface area contributed by atoms with Gasteiger partial charge in [0, 0.05) is 11.0 Å². The van der Waals surface area contributed by atoms with Crippen LogP contribution < -0.4 is 10.1 Å². The zero-order chi connectivity index (χ0) is 23.0. The zero-order valence-electron chi connectivity index (χ0n) is 17.1. The van der Waals surface area contributed by atoms with Gasteiger partial charge in [-0.25, -0.2) is 9.59 Å². The summed E-state index contributed by atoms with van der Waals surface area (Å²) in [5.41, 5.74) is 1.54. The lowest BCUT2D eigenvalue weighted by Gasteiger charge is -2.07. The molecule has 0 saturated heterocycles. The topological polar surface area (TPSA) is 90.9 Å². The second-order valence-electron chi connectivity index (χ2n) is 6.14. The van der Waals surface area contributed by atoms with E-state index in [1.165, 1.54) is 41.7 Å². The monoisotopic (exact) mass is 453 g/mol. The van der Waals surface area contributed by atoms with E-state index in [0.29, 0.717) is 16.1 Å². The molecule has 1 aromatic heterocycles. The van der Waals surface area contributed by atoms with Crippen molar-refractivity contribution in [3.8, 4) is 5.75 Å². The molecule has 0 radical (unpaired) electrons. The first kappa shape index (κ1) is 24.0. The fraction of sp³-hybridized carbons (Fsp3) is 0.286. The maximum atomic E-state index is 12.1. The summed E-state index contributed by atoms with van der Waals surface area (Å²) < 4.78 is 38.4. The number of nitrogens with one attached hydrogen (secondary N) is 1. The number of carbonyl (C=O) groups excluding carboxylic acids is 3. The van der Waals surface area contributed by atoms with Gasteiger partial charge >= 0.3 is 18.6 Å². The molecule has 10 heteroatoms. The van der Waals surface area contributed by atoms with Gasteiger partial charge in [-0.2, -0.15) is 8.78 Å². The van der Waals surface area contributed by atoms with Crippen LogP contribution in [0.25, 0.3) is 6.08 Å². The molecule has 0 fully saturated rings. The molecule has 0 aliphatic heterocycles. The van der Waals surface area contributed by atoms with E-state index in [9.17, 15) is 23.2 Å². The Labute approximate surface area is 181 Å². The molecule has 1 aromatic carbocycles. The van der Waals surface area contributed by atoms with Gasteiger partial charge in [0.05, 0.1) is 12.2 Å². The van der Waals surface area contributed by atoms with E-state index >= 15 is 0 Å². The van der Waals surface area contributed by atoms with Gasteiger partial charge in [-0.05, 0) is 50.1 Å². The molecule has 1 heterocycles. The number of halogens is 2. The molecule has 0 aliphatic rings. The Hall–Kier alpha value is -3.27. The molecule has 0 atom stereocenters. The Morgan fingerprint density at radius 2 is 1.81 bits per heavy atom. The molecule has 7 nitrogen and oxygen atoms in total. The summed E-state index contributed by atoms with van der Waals surface area (Å²) >= 11 is 1.23. The first-order chi connectivity index (χ1) is 14.7.